The van der Waals surface area contributed by atoms with Crippen LogP contribution in [0.4, 0.5) is 4.79 Å². The van der Waals surface area contributed by atoms with Crippen LogP contribution in [0.1, 0.15) is 32.6 Å². The molecule has 0 unspecified atom stereocenters. The largest absolute Gasteiger partial charge is 0.450 e. The topological polar surface area (TPSA) is 58.6 Å². The predicted molar refractivity (Wildman–Crippen MR) is 50.6 cm³/mol. The predicted octanol–water partition coefficient (Wildman–Crippen LogP) is 1.29. The monoisotopic (exact) mass is 189 g/mol. The molecular formula is C9H19NO3. The lowest BCUT2D eigenvalue weighted by Crippen LogP contribution is -2.27. The van der Waals surface area contributed by atoms with Gasteiger partial charge in [-0.2, -0.15) is 0 Å². The lowest BCUT2D eigenvalue weighted by Gasteiger charge is -2.04. The molecule has 4 nitrogen and oxygen atoms in total. The van der Waals surface area contributed by atoms with Crippen molar-refractivity contribution in [3.8, 4) is 0 Å². The number of unbranched alkanes of at least 4 members (excludes halogenated alkanes) is 3. The lowest BCUT2D eigenvalue weighted by atomic mass is 10.2. The van der Waals surface area contributed by atoms with Crippen LogP contribution < -0.4 is 5.32 Å². The van der Waals surface area contributed by atoms with E-state index in [0.29, 0.717) is 6.61 Å². The van der Waals surface area contributed by atoms with E-state index < -0.39 is 6.09 Å². The van der Waals surface area contributed by atoms with Crippen molar-refractivity contribution < 1.29 is 14.6 Å². The summed E-state index contributed by atoms with van der Waals surface area (Å²) in [6.45, 7) is 2.81. The highest BCUT2D eigenvalue weighted by molar-refractivity contribution is 5.66. The third-order valence-electron chi connectivity index (χ3n) is 1.61. The molecule has 0 saturated carbocycles. The number of carbonyl (C=O) groups excluding carboxylic acids is 1. The number of rotatable bonds is 7. The first-order valence-corrected chi connectivity index (χ1v) is 4.82. The van der Waals surface area contributed by atoms with Gasteiger partial charge in [0.25, 0.3) is 0 Å². The number of ether oxygens (including phenoxy) is 1. The fourth-order valence-corrected chi connectivity index (χ4v) is 0.903. The number of aliphatic hydroxyl groups is 1. The maximum absolute atomic E-state index is 10.8. The van der Waals surface area contributed by atoms with Crippen LogP contribution in [0.25, 0.3) is 0 Å². The average Bonchev–Trinajstić information content (AvgIpc) is 2.14. The van der Waals surface area contributed by atoms with Crippen molar-refractivity contribution in [2.24, 2.45) is 0 Å². The van der Waals surface area contributed by atoms with Gasteiger partial charge in [0.2, 0.25) is 0 Å². The summed E-state index contributed by atoms with van der Waals surface area (Å²) in [6.07, 6.45) is 3.94. The van der Waals surface area contributed by atoms with Crippen molar-refractivity contribution in [3.63, 3.8) is 0 Å². The summed E-state index contributed by atoms with van der Waals surface area (Å²) >= 11 is 0. The van der Waals surface area contributed by atoms with Crippen LogP contribution >= 0.6 is 0 Å². The molecule has 0 aromatic rings. The number of carbonyl (C=O) groups is 1. The second kappa shape index (κ2) is 9.32. The molecule has 0 atom stereocenters. The van der Waals surface area contributed by atoms with E-state index in [0.717, 1.165) is 12.8 Å². The Hall–Kier alpha value is -0.770. The fourth-order valence-electron chi connectivity index (χ4n) is 0.903. The standard InChI is InChI=1S/C9H19NO3/c1-2-3-4-5-8-13-9(12)10-6-7-11/h11H,2-8H2,1H3,(H,10,12). The van der Waals surface area contributed by atoms with Gasteiger partial charge in [0, 0.05) is 6.54 Å². The Balaban J connectivity index is 3.08. The van der Waals surface area contributed by atoms with Gasteiger partial charge in [0.15, 0.2) is 0 Å². The Bertz CT molecular complexity index is 128. The molecule has 78 valence electrons. The van der Waals surface area contributed by atoms with Crippen molar-refractivity contribution in [3.05, 3.63) is 0 Å². The Morgan fingerprint density at radius 1 is 1.38 bits per heavy atom. The minimum Gasteiger partial charge on any atom is -0.450 e. The first kappa shape index (κ1) is 12.2. The summed E-state index contributed by atoms with van der Waals surface area (Å²) in [6, 6.07) is 0. The van der Waals surface area contributed by atoms with Crippen molar-refractivity contribution in [1.29, 1.82) is 0 Å². The molecule has 0 saturated heterocycles. The maximum atomic E-state index is 10.8. The highest BCUT2D eigenvalue weighted by Crippen LogP contribution is 1.98. The lowest BCUT2D eigenvalue weighted by molar-refractivity contribution is 0.141. The van der Waals surface area contributed by atoms with Gasteiger partial charge in [0.05, 0.1) is 13.2 Å². The zero-order valence-corrected chi connectivity index (χ0v) is 8.21. The van der Waals surface area contributed by atoms with Gasteiger partial charge < -0.3 is 15.2 Å². The summed E-state index contributed by atoms with van der Waals surface area (Å²) in [4.78, 5) is 10.8. The number of aliphatic hydroxyl groups excluding tert-OH is 1. The molecule has 0 radical (unpaired) electrons. The highest BCUT2D eigenvalue weighted by atomic mass is 16.5. The van der Waals surface area contributed by atoms with Crippen molar-refractivity contribution in [1.82, 2.24) is 5.32 Å². The molecule has 0 aromatic carbocycles. The zero-order valence-electron chi connectivity index (χ0n) is 8.21. The van der Waals surface area contributed by atoms with Crippen LogP contribution in [0.15, 0.2) is 0 Å². The molecule has 0 aromatic heterocycles. The van der Waals surface area contributed by atoms with Gasteiger partial charge in [-0.1, -0.05) is 26.2 Å². The Morgan fingerprint density at radius 2 is 2.15 bits per heavy atom. The second-order valence-corrected chi connectivity index (χ2v) is 2.85. The number of hydrogen-bond acceptors (Lipinski definition) is 3. The number of amides is 1. The summed E-state index contributed by atoms with van der Waals surface area (Å²) in [5, 5.41) is 10.8. The molecule has 0 aliphatic rings. The van der Waals surface area contributed by atoms with E-state index in [9.17, 15) is 4.79 Å². The van der Waals surface area contributed by atoms with E-state index in [4.69, 9.17) is 9.84 Å². The first-order chi connectivity index (χ1) is 6.31. The molecule has 1 amide bonds. The Labute approximate surface area is 79.3 Å². The van der Waals surface area contributed by atoms with Gasteiger partial charge in [-0.25, -0.2) is 4.79 Å². The molecule has 0 rings (SSSR count). The Kier molecular flexibility index (Phi) is 8.77. The van der Waals surface area contributed by atoms with Crippen LogP contribution in [0, 0.1) is 0 Å². The highest BCUT2D eigenvalue weighted by Gasteiger charge is 1.98. The van der Waals surface area contributed by atoms with E-state index in [1.807, 2.05) is 0 Å². The molecule has 4 heteroatoms. The third kappa shape index (κ3) is 9.14. The van der Waals surface area contributed by atoms with Crippen LogP contribution in [-0.2, 0) is 4.74 Å². The molecule has 0 aliphatic carbocycles. The first-order valence-electron chi connectivity index (χ1n) is 4.82. The summed E-state index contributed by atoms with van der Waals surface area (Å²) in [5.41, 5.74) is 0. The number of nitrogens with one attached hydrogen (secondary N) is 1. The summed E-state index contributed by atoms with van der Waals surface area (Å²) < 4.78 is 4.83. The van der Waals surface area contributed by atoms with Crippen molar-refractivity contribution in [2.45, 2.75) is 32.6 Å². The number of hydrogen-bond donors (Lipinski definition) is 2. The van der Waals surface area contributed by atoms with Crippen LogP contribution in [-0.4, -0.2) is 31.0 Å². The van der Waals surface area contributed by atoms with Gasteiger partial charge >= 0.3 is 6.09 Å². The van der Waals surface area contributed by atoms with Crippen LogP contribution in [0.3, 0.4) is 0 Å². The molecular weight excluding hydrogens is 170 g/mol. The molecule has 2 N–H and O–H groups in total. The second-order valence-electron chi connectivity index (χ2n) is 2.85. The number of alkyl carbamates (subject to hydrolysis) is 1. The van der Waals surface area contributed by atoms with Crippen molar-refractivity contribution >= 4 is 6.09 Å². The fraction of sp³-hybridized carbons (Fsp3) is 0.889. The zero-order chi connectivity index (χ0) is 9.94. The molecule has 0 aliphatic heterocycles. The van der Waals surface area contributed by atoms with Crippen molar-refractivity contribution in [2.75, 3.05) is 19.8 Å². The molecule has 13 heavy (non-hydrogen) atoms. The smallest absolute Gasteiger partial charge is 0.407 e. The van der Waals surface area contributed by atoms with E-state index in [1.54, 1.807) is 0 Å². The quantitative estimate of drug-likeness (QED) is 0.593. The normalized spacial score (nSPS) is 9.69. The molecule has 0 fully saturated rings. The van der Waals surface area contributed by atoms with Gasteiger partial charge in [-0.3, -0.25) is 0 Å². The van der Waals surface area contributed by atoms with E-state index >= 15 is 0 Å². The third-order valence-corrected chi connectivity index (χ3v) is 1.61. The van der Waals surface area contributed by atoms with Gasteiger partial charge in [0.1, 0.15) is 0 Å². The minimum absolute atomic E-state index is 0.0507. The summed E-state index contributed by atoms with van der Waals surface area (Å²) in [5.74, 6) is 0. The molecule has 0 bridgehead atoms. The van der Waals surface area contributed by atoms with Crippen LogP contribution in [0.2, 0.25) is 0 Å². The summed E-state index contributed by atoms with van der Waals surface area (Å²) in [7, 11) is 0. The van der Waals surface area contributed by atoms with Gasteiger partial charge in [-0.05, 0) is 6.42 Å². The Morgan fingerprint density at radius 3 is 2.77 bits per heavy atom. The van der Waals surface area contributed by atoms with Crippen LogP contribution in [0.5, 0.6) is 0 Å². The molecule has 0 heterocycles. The SMILES string of the molecule is CCCCCCOC(=O)NCCO. The average molecular weight is 189 g/mol. The minimum atomic E-state index is -0.439. The van der Waals surface area contributed by atoms with E-state index in [2.05, 4.69) is 12.2 Å². The van der Waals surface area contributed by atoms with E-state index in [1.165, 1.54) is 12.8 Å². The maximum Gasteiger partial charge on any atom is 0.407 e. The van der Waals surface area contributed by atoms with Gasteiger partial charge in [-0.15, -0.1) is 0 Å². The molecule has 0 spiro atoms. The van der Waals surface area contributed by atoms with E-state index in [-0.39, 0.29) is 13.2 Å².